The fraction of sp³-hybridized carbons (Fsp3) is 0.667. The Labute approximate surface area is 165 Å². The molecule has 5 nitrogen and oxygen atoms in total. The van der Waals surface area contributed by atoms with Crippen molar-refractivity contribution in [2.75, 3.05) is 6.54 Å². The number of aryl methyl sites for hydroxylation is 2. The van der Waals surface area contributed by atoms with Gasteiger partial charge in [-0.1, -0.05) is 26.2 Å². The summed E-state index contributed by atoms with van der Waals surface area (Å²) in [4.78, 5) is 34.5. The van der Waals surface area contributed by atoms with E-state index in [0.29, 0.717) is 10.3 Å². The lowest BCUT2D eigenvalue weighted by atomic mass is 10.1. The summed E-state index contributed by atoms with van der Waals surface area (Å²) in [7, 11) is 0. The van der Waals surface area contributed by atoms with Gasteiger partial charge in [-0.05, 0) is 45.6 Å². The summed E-state index contributed by atoms with van der Waals surface area (Å²) in [5.74, 6) is 0.926. The third kappa shape index (κ3) is 3.96. The summed E-state index contributed by atoms with van der Waals surface area (Å²) >= 11 is 1.40. The van der Waals surface area contributed by atoms with Crippen LogP contribution in [0, 0.1) is 6.92 Å². The lowest BCUT2D eigenvalue weighted by molar-refractivity contribution is 0.0706. The predicted octanol–water partition coefficient (Wildman–Crippen LogP) is 4.53. The van der Waals surface area contributed by atoms with Crippen LogP contribution in [0.5, 0.6) is 0 Å². The van der Waals surface area contributed by atoms with Crippen molar-refractivity contribution in [2.24, 2.45) is 0 Å². The van der Waals surface area contributed by atoms with Crippen LogP contribution in [0.3, 0.4) is 0 Å². The Kier molecular flexibility index (Phi) is 6.35. The highest BCUT2D eigenvalue weighted by atomic mass is 32.1. The second kappa shape index (κ2) is 8.55. The Morgan fingerprint density at radius 3 is 2.74 bits per heavy atom. The molecule has 0 saturated carbocycles. The molecule has 6 heteroatoms. The van der Waals surface area contributed by atoms with Crippen LogP contribution >= 0.6 is 11.3 Å². The molecular weight excluding hydrogens is 358 g/mol. The second-order valence-corrected chi connectivity index (χ2v) is 8.83. The molecule has 3 heterocycles. The lowest BCUT2D eigenvalue weighted by Gasteiger charge is -2.26. The largest absolute Gasteiger partial charge is 0.336 e. The number of amides is 1. The van der Waals surface area contributed by atoms with Crippen LogP contribution in [-0.4, -0.2) is 32.9 Å². The van der Waals surface area contributed by atoms with Gasteiger partial charge < -0.3 is 4.90 Å². The fourth-order valence-electron chi connectivity index (χ4n) is 3.87. The first kappa shape index (κ1) is 20.1. The van der Waals surface area contributed by atoms with Gasteiger partial charge in [0, 0.05) is 25.6 Å². The van der Waals surface area contributed by atoms with Gasteiger partial charge in [-0.2, -0.15) is 0 Å². The molecule has 0 fully saturated rings. The summed E-state index contributed by atoms with van der Waals surface area (Å²) in [6.07, 6.45) is 7.35. The van der Waals surface area contributed by atoms with Gasteiger partial charge in [0.25, 0.3) is 11.5 Å². The molecule has 1 aliphatic rings. The summed E-state index contributed by atoms with van der Waals surface area (Å²) < 4.78 is 1.84. The van der Waals surface area contributed by atoms with Crippen molar-refractivity contribution in [1.29, 1.82) is 0 Å². The van der Waals surface area contributed by atoms with Crippen molar-refractivity contribution in [3.8, 4) is 0 Å². The van der Waals surface area contributed by atoms with E-state index in [-0.39, 0.29) is 17.5 Å². The topological polar surface area (TPSA) is 55.2 Å². The van der Waals surface area contributed by atoms with E-state index in [2.05, 4.69) is 20.8 Å². The summed E-state index contributed by atoms with van der Waals surface area (Å²) in [6, 6.07) is 0.143. The van der Waals surface area contributed by atoms with Gasteiger partial charge in [0.15, 0.2) is 0 Å². The van der Waals surface area contributed by atoms with Gasteiger partial charge in [-0.3, -0.25) is 14.2 Å². The van der Waals surface area contributed by atoms with E-state index >= 15 is 0 Å². The maximum absolute atomic E-state index is 13.3. The first-order chi connectivity index (χ1) is 13.0. The number of unbranched alkanes of at least 4 members (excludes halogenated alkanes) is 2. The quantitative estimate of drug-likeness (QED) is 0.682. The van der Waals surface area contributed by atoms with Crippen LogP contribution < -0.4 is 5.56 Å². The molecule has 2 aromatic rings. The molecule has 3 rings (SSSR count). The van der Waals surface area contributed by atoms with Crippen LogP contribution in [0.2, 0.25) is 0 Å². The van der Waals surface area contributed by atoms with Gasteiger partial charge >= 0.3 is 0 Å². The van der Waals surface area contributed by atoms with Crippen molar-refractivity contribution < 1.29 is 4.79 Å². The molecule has 0 aliphatic carbocycles. The zero-order valence-corrected chi connectivity index (χ0v) is 17.8. The summed E-state index contributed by atoms with van der Waals surface area (Å²) in [6.45, 7) is 9.69. The Balaban J connectivity index is 2.02. The molecule has 0 spiro atoms. The zero-order valence-electron chi connectivity index (χ0n) is 17.0. The van der Waals surface area contributed by atoms with Crippen LogP contribution in [-0.2, 0) is 13.0 Å². The molecule has 27 heavy (non-hydrogen) atoms. The SMILES string of the molecule is CCCCCN(C(=O)c1sc2nc3n(c(=O)c2c1C)CCCCC3)C(C)C. The molecule has 148 valence electrons. The molecular formula is C21H31N3O2S. The minimum atomic E-state index is 0.0341. The Bertz CT molecular complexity index is 882. The number of fused-ring (bicyclic) bond motifs is 2. The number of thiophene rings is 1. The molecule has 0 atom stereocenters. The number of hydrogen-bond acceptors (Lipinski definition) is 4. The van der Waals surface area contributed by atoms with E-state index in [1.165, 1.54) is 11.3 Å². The van der Waals surface area contributed by atoms with Crippen molar-refractivity contribution in [3.63, 3.8) is 0 Å². The Hall–Kier alpha value is -1.69. The average Bonchev–Trinajstić information content (AvgIpc) is 2.80. The minimum absolute atomic E-state index is 0.0341. The summed E-state index contributed by atoms with van der Waals surface area (Å²) in [5.41, 5.74) is 0.838. The molecule has 1 amide bonds. The monoisotopic (exact) mass is 389 g/mol. The highest BCUT2D eigenvalue weighted by molar-refractivity contribution is 7.20. The molecule has 0 saturated heterocycles. The number of carbonyl (C=O) groups is 1. The number of nitrogens with zero attached hydrogens (tertiary/aromatic N) is 3. The predicted molar refractivity (Wildman–Crippen MR) is 112 cm³/mol. The van der Waals surface area contributed by atoms with E-state index < -0.39 is 0 Å². The number of rotatable bonds is 6. The Morgan fingerprint density at radius 1 is 1.26 bits per heavy atom. The van der Waals surface area contributed by atoms with Crippen LogP contribution in [0.1, 0.15) is 80.4 Å². The zero-order chi connectivity index (χ0) is 19.6. The second-order valence-electron chi connectivity index (χ2n) is 7.83. The highest BCUT2D eigenvalue weighted by Crippen LogP contribution is 2.30. The first-order valence-corrected chi connectivity index (χ1v) is 11.1. The van der Waals surface area contributed by atoms with Crippen molar-refractivity contribution in [1.82, 2.24) is 14.5 Å². The van der Waals surface area contributed by atoms with E-state index in [1.54, 1.807) is 0 Å². The molecule has 2 aromatic heterocycles. The smallest absolute Gasteiger partial charge is 0.264 e. The van der Waals surface area contributed by atoms with Crippen LogP contribution in [0.15, 0.2) is 4.79 Å². The minimum Gasteiger partial charge on any atom is -0.336 e. The van der Waals surface area contributed by atoms with Crippen molar-refractivity contribution >= 4 is 27.5 Å². The average molecular weight is 390 g/mol. The van der Waals surface area contributed by atoms with Crippen LogP contribution in [0.25, 0.3) is 10.2 Å². The van der Waals surface area contributed by atoms with Crippen molar-refractivity contribution in [2.45, 2.75) is 85.2 Å². The molecule has 0 bridgehead atoms. The van der Waals surface area contributed by atoms with E-state index in [9.17, 15) is 9.59 Å². The van der Waals surface area contributed by atoms with Gasteiger partial charge in [0.05, 0.1) is 10.3 Å². The lowest BCUT2D eigenvalue weighted by Crippen LogP contribution is -2.37. The maximum atomic E-state index is 13.3. The highest BCUT2D eigenvalue weighted by Gasteiger charge is 2.26. The van der Waals surface area contributed by atoms with E-state index in [1.807, 2.05) is 16.4 Å². The number of carbonyl (C=O) groups excluding carboxylic acids is 1. The first-order valence-electron chi connectivity index (χ1n) is 10.3. The van der Waals surface area contributed by atoms with E-state index in [0.717, 1.165) is 74.3 Å². The molecule has 1 aliphatic heterocycles. The molecule has 0 radical (unpaired) electrons. The molecule has 0 N–H and O–H groups in total. The standard InChI is InChI=1S/C21H31N3O2S/c1-5-6-9-12-23(14(2)3)21(26)18-15(4)17-19(27-18)22-16-11-8-7-10-13-24(16)20(17)25/h14H,5-13H2,1-4H3. The van der Waals surface area contributed by atoms with Gasteiger partial charge in [-0.25, -0.2) is 4.98 Å². The number of hydrogen-bond donors (Lipinski definition) is 0. The Morgan fingerprint density at radius 2 is 2.04 bits per heavy atom. The maximum Gasteiger partial charge on any atom is 0.264 e. The number of aromatic nitrogens is 2. The van der Waals surface area contributed by atoms with Crippen LogP contribution in [0.4, 0.5) is 0 Å². The van der Waals surface area contributed by atoms with E-state index in [4.69, 9.17) is 4.98 Å². The van der Waals surface area contributed by atoms with Gasteiger partial charge in [0.2, 0.25) is 0 Å². The molecule has 0 unspecified atom stereocenters. The fourth-order valence-corrected chi connectivity index (χ4v) is 5.02. The third-order valence-electron chi connectivity index (χ3n) is 5.49. The van der Waals surface area contributed by atoms with Gasteiger partial charge in [-0.15, -0.1) is 11.3 Å². The van der Waals surface area contributed by atoms with Crippen molar-refractivity contribution in [3.05, 3.63) is 26.6 Å². The summed E-state index contributed by atoms with van der Waals surface area (Å²) in [5, 5.41) is 0.645. The normalized spacial score (nSPS) is 14.4. The molecule has 0 aromatic carbocycles. The third-order valence-corrected chi connectivity index (χ3v) is 6.67. The van der Waals surface area contributed by atoms with Gasteiger partial charge in [0.1, 0.15) is 10.7 Å².